The van der Waals surface area contributed by atoms with Crippen LogP contribution in [0.2, 0.25) is 0 Å². The van der Waals surface area contributed by atoms with Gasteiger partial charge in [0.15, 0.2) is 0 Å². The van der Waals surface area contributed by atoms with Gasteiger partial charge in [0.25, 0.3) is 0 Å². The van der Waals surface area contributed by atoms with Crippen molar-refractivity contribution < 1.29 is 14.3 Å². The zero-order chi connectivity index (χ0) is 13.3. The molecule has 18 heavy (non-hydrogen) atoms. The Bertz CT molecular complexity index is 496. The summed E-state index contributed by atoms with van der Waals surface area (Å²) in [6, 6.07) is 0. The van der Waals surface area contributed by atoms with Crippen molar-refractivity contribution in [1.82, 2.24) is 0 Å². The van der Waals surface area contributed by atoms with Crippen molar-refractivity contribution in [2.75, 3.05) is 12.4 Å². The molecular weight excluding hydrogens is 274 g/mol. The number of amides is 1. The molecule has 0 aromatic carbocycles. The van der Waals surface area contributed by atoms with Crippen molar-refractivity contribution in [2.24, 2.45) is 0 Å². The second-order valence-corrected chi connectivity index (χ2v) is 5.92. The van der Waals surface area contributed by atoms with E-state index in [4.69, 9.17) is 16.3 Å². The normalized spacial score (nSPS) is 15.1. The van der Waals surface area contributed by atoms with Gasteiger partial charge < -0.3 is 10.1 Å². The zero-order valence-corrected chi connectivity index (χ0v) is 11.8. The van der Waals surface area contributed by atoms with Crippen LogP contribution in [0.3, 0.4) is 0 Å². The lowest BCUT2D eigenvalue weighted by molar-refractivity contribution is -0.115. The van der Waals surface area contributed by atoms with Gasteiger partial charge in [-0.05, 0) is 31.7 Å². The molecule has 1 N–H and O–H groups in total. The van der Waals surface area contributed by atoms with Crippen molar-refractivity contribution in [3.63, 3.8) is 0 Å². The molecule has 0 radical (unpaired) electrons. The summed E-state index contributed by atoms with van der Waals surface area (Å²) < 4.78 is 4.79. The summed E-state index contributed by atoms with van der Waals surface area (Å²) in [4.78, 5) is 24.6. The molecule has 0 fully saturated rings. The summed E-state index contributed by atoms with van der Waals surface area (Å²) in [6.07, 6.45) is 2.87. The summed E-state index contributed by atoms with van der Waals surface area (Å²) in [5, 5.41) is 2.63. The van der Waals surface area contributed by atoms with Crippen LogP contribution in [-0.2, 0) is 22.4 Å². The summed E-state index contributed by atoms with van der Waals surface area (Å²) in [5.41, 5.74) is 1.52. The topological polar surface area (TPSA) is 55.4 Å². The van der Waals surface area contributed by atoms with E-state index in [1.165, 1.54) is 18.4 Å². The van der Waals surface area contributed by atoms with Gasteiger partial charge in [-0.25, -0.2) is 4.79 Å². The third-order valence-corrected chi connectivity index (χ3v) is 4.31. The third kappa shape index (κ3) is 2.37. The fraction of sp³-hybridized carbons (Fsp3) is 0.500. The summed E-state index contributed by atoms with van der Waals surface area (Å²) in [6.45, 7) is 1.59. The van der Waals surface area contributed by atoms with Gasteiger partial charge in [-0.2, -0.15) is 0 Å². The number of halogens is 1. The molecule has 0 spiro atoms. The minimum Gasteiger partial charge on any atom is -0.465 e. The number of aryl methyl sites for hydroxylation is 1. The smallest absolute Gasteiger partial charge is 0.341 e. The van der Waals surface area contributed by atoms with Gasteiger partial charge in [0.1, 0.15) is 10.4 Å². The first-order valence-electron chi connectivity index (χ1n) is 5.72. The molecule has 4 nitrogen and oxygen atoms in total. The molecule has 1 unspecified atom stereocenters. The molecule has 98 valence electrons. The number of methoxy groups -OCH3 is 1. The van der Waals surface area contributed by atoms with Gasteiger partial charge >= 0.3 is 5.97 Å². The van der Waals surface area contributed by atoms with Gasteiger partial charge in [-0.15, -0.1) is 22.9 Å². The lowest BCUT2D eigenvalue weighted by Gasteiger charge is -2.07. The number of carbonyl (C=O) groups is 2. The van der Waals surface area contributed by atoms with Crippen LogP contribution in [0, 0.1) is 0 Å². The number of thiophene rings is 1. The van der Waals surface area contributed by atoms with Crippen LogP contribution in [0.5, 0.6) is 0 Å². The van der Waals surface area contributed by atoms with Crippen molar-refractivity contribution in [3.8, 4) is 0 Å². The van der Waals surface area contributed by atoms with Crippen LogP contribution in [-0.4, -0.2) is 24.4 Å². The average Bonchev–Trinajstić information content (AvgIpc) is 2.87. The Kier molecular flexibility index (Phi) is 3.92. The monoisotopic (exact) mass is 287 g/mol. The standard InChI is InChI=1S/C12H14ClNO3S/c1-6(13)10(15)14-11-9(12(16)17-2)7-4-3-5-8(7)18-11/h6H,3-5H2,1-2H3,(H,14,15). The molecule has 1 aliphatic carbocycles. The lowest BCUT2D eigenvalue weighted by Crippen LogP contribution is -2.21. The maximum atomic E-state index is 11.8. The minimum absolute atomic E-state index is 0.304. The highest BCUT2D eigenvalue weighted by Gasteiger charge is 2.28. The Hall–Kier alpha value is -1.07. The number of anilines is 1. The van der Waals surface area contributed by atoms with Crippen LogP contribution in [0.1, 0.15) is 34.1 Å². The molecule has 0 saturated heterocycles. The molecule has 6 heteroatoms. The lowest BCUT2D eigenvalue weighted by atomic mass is 10.1. The number of ether oxygens (including phenoxy) is 1. The molecule has 1 aromatic heterocycles. The molecule has 1 heterocycles. The van der Waals surface area contributed by atoms with Crippen molar-refractivity contribution >= 4 is 39.8 Å². The van der Waals surface area contributed by atoms with E-state index in [2.05, 4.69) is 5.32 Å². The number of hydrogen-bond acceptors (Lipinski definition) is 4. The Morgan fingerprint density at radius 1 is 1.44 bits per heavy atom. The van der Waals surface area contributed by atoms with Gasteiger partial charge in [-0.3, -0.25) is 4.79 Å². The van der Waals surface area contributed by atoms with E-state index in [-0.39, 0.29) is 5.91 Å². The van der Waals surface area contributed by atoms with Gasteiger partial charge in [0, 0.05) is 4.88 Å². The van der Waals surface area contributed by atoms with E-state index in [1.54, 1.807) is 6.92 Å². The molecule has 1 aliphatic rings. The number of hydrogen-bond donors (Lipinski definition) is 1. The van der Waals surface area contributed by atoms with E-state index in [0.717, 1.165) is 29.7 Å². The Labute approximate surface area is 114 Å². The second kappa shape index (κ2) is 5.28. The summed E-state index contributed by atoms with van der Waals surface area (Å²) >= 11 is 7.16. The number of fused-ring (bicyclic) bond motifs is 1. The second-order valence-electron chi connectivity index (χ2n) is 4.16. The van der Waals surface area contributed by atoms with Crippen LogP contribution in [0.25, 0.3) is 0 Å². The first kappa shape index (κ1) is 13.4. The maximum absolute atomic E-state index is 11.8. The SMILES string of the molecule is COC(=O)c1c(NC(=O)C(C)Cl)sc2c1CCC2. The average molecular weight is 288 g/mol. The Morgan fingerprint density at radius 3 is 2.78 bits per heavy atom. The zero-order valence-electron chi connectivity index (χ0n) is 10.2. The molecule has 1 atom stereocenters. The van der Waals surface area contributed by atoms with Crippen molar-refractivity contribution in [3.05, 3.63) is 16.0 Å². The number of esters is 1. The van der Waals surface area contributed by atoms with Gasteiger partial charge in [0.2, 0.25) is 5.91 Å². The van der Waals surface area contributed by atoms with E-state index in [0.29, 0.717) is 10.6 Å². The van der Waals surface area contributed by atoms with E-state index in [9.17, 15) is 9.59 Å². The number of carbonyl (C=O) groups excluding carboxylic acids is 2. The molecule has 1 aromatic rings. The van der Waals surface area contributed by atoms with E-state index in [1.807, 2.05) is 0 Å². The van der Waals surface area contributed by atoms with E-state index >= 15 is 0 Å². The maximum Gasteiger partial charge on any atom is 0.341 e. The highest BCUT2D eigenvalue weighted by Crippen LogP contribution is 2.39. The summed E-state index contributed by atoms with van der Waals surface area (Å²) in [5.74, 6) is -0.700. The fourth-order valence-corrected chi connectivity index (χ4v) is 3.36. The quantitative estimate of drug-likeness (QED) is 0.687. The third-order valence-electron chi connectivity index (χ3n) is 2.91. The minimum atomic E-state index is -0.632. The molecule has 2 rings (SSSR count). The number of alkyl halides is 1. The molecule has 0 aliphatic heterocycles. The summed E-state index contributed by atoms with van der Waals surface area (Å²) in [7, 11) is 1.34. The molecule has 1 amide bonds. The highest BCUT2D eigenvalue weighted by molar-refractivity contribution is 7.17. The van der Waals surface area contributed by atoms with Crippen LogP contribution in [0.15, 0.2) is 0 Å². The number of rotatable bonds is 3. The van der Waals surface area contributed by atoms with Gasteiger partial charge in [0.05, 0.1) is 12.7 Å². The van der Waals surface area contributed by atoms with Crippen molar-refractivity contribution in [1.29, 1.82) is 0 Å². The predicted octanol–water partition coefficient (Wildman–Crippen LogP) is 2.59. The van der Waals surface area contributed by atoms with Crippen molar-refractivity contribution in [2.45, 2.75) is 31.6 Å². The van der Waals surface area contributed by atoms with Gasteiger partial charge in [-0.1, -0.05) is 0 Å². The van der Waals surface area contributed by atoms with Crippen LogP contribution in [0.4, 0.5) is 5.00 Å². The van der Waals surface area contributed by atoms with Crippen LogP contribution < -0.4 is 5.32 Å². The Morgan fingerprint density at radius 2 is 2.17 bits per heavy atom. The fourth-order valence-electron chi connectivity index (χ4n) is 2.02. The number of nitrogens with one attached hydrogen (secondary N) is 1. The largest absolute Gasteiger partial charge is 0.465 e. The van der Waals surface area contributed by atoms with E-state index < -0.39 is 11.3 Å². The first-order valence-corrected chi connectivity index (χ1v) is 6.97. The highest BCUT2D eigenvalue weighted by atomic mass is 35.5. The molecule has 0 bridgehead atoms. The first-order chi connectivity index (χ1) is 8.54. The van der Waals surface area contributed by atoms with Crippen LogP contribution >= 0.6 is 22.9 Å². The molecule has 0 saturated carbocycles. The predicted molar refractivity (Wildman–Crippen MR) is 71.6 cm³/mol. The molecular formula is C12H14ClNO3S. The Balaban J connectivity index is 2.35.